The smallest absolute Gasteiger partial charge is 0.187 e. The highest BCUT2D eigenvalue weighted by Gasteiger charge is 2.08. The number of thiazole rings is 1. The molecule has 0 aliphatic carbocycles. The zero-order valence-corrected chi connectivity index (χ0v) is 12.3. The molecule has 1 heterocycles. The quantitative estimate of drug-likeness (QED) is 0.709. The van der Waals surface area contributed by atoms with E-state index in [-0.39, 0.29) is 12.0 Å². The van der Waals surface area contributed by atoms with Crippen LogP contribution < -0.4 is 5.32 Å². The van der Waals surface area contributed by atoms with Crippen LogP contribution in [0.15, 0.2) is 24.3 Å². The summed E-state index contributed by atoms with van der Waals surface area (Å²) in [6, 6.07) is 7.35. The van der Waals surface area contributed by atoms with Gasteiger partial charge in [-0.25, -0.2) is 4.98 Å². The summed E-state index contributed by atoms with van der Waals surface area (Å²) < 4.78 is 0. The number of anilines is 2. The summed E-state index contributed by atoms with van der Waals surface area (Å²) in [5.41, 5.74) is 1.79. The molecule has 0 atom stereocenters. The summed E-state index contributed by atoms with van der Waals surface area (Å²) in [6.07, 6.45) is 0.545. The first-order chi connectivity index (χ1) is 9.54. The van der Waals surface area contributed by atoms with Crippen molar-refractivity contribution in [2.75, 3.05) is 11.9 Å². The highest BCUT2D eigenvalue weighted by Crippen LogP contribution is 2.26. The molecular weight excluding hydrogens is 302 g/mol. The van der Waals surface area contributed by atoms with Gasteiger partial charge in [0.1, 0.15) is 0 Å². The Balaban J connectivity index is 1.97. The maximum Gasteiger partial charge on any atom is 0.187 e. The van der Waals surface area contributed by atoms with Gasteiger partial charge in [0, 0.05) is 22.0 Å². The molecule has 0 aliphatic rings. The van der Waals surface area contributed by atoms with Crippen LogP contribution in [0.25, 0.3) is 0 Å². The van der Waals surface area contributed by atoms with Crippen LogP contribution in [-0.4, -0.2) is 27.4 Å². The number of halogens is 1. The van der Waals surface area contributed by atoms with Crippen LogP contribution in [0.2, 0.25) is 5.02 Å². The molecule has 0 fully saturated rings. The molecule has 0 radical (unpaired) electrons. The molecule has 0 saturated carbocycles. The summed E-state index contributed by atoms with van der Waals surface area (Å²) in [7, 11) is 0. The lowest BCUT2D eigenvalue weighted by molar-refractivity contribution is -0.492. The number of hydrogen-bond donors (Lipinski definition) is 3. The highest BCUT2D eigenvalue weighted by molar-refractivity contribution is 7.15. The largest absolute Gasteiger partial charge is 0.332 e. The maximum atomic E-state index is 8.45. The number of aromatic nitrogens is 1. The Kier molecular flexibility index (Phi) is 5.30. The minimum Gasteiger partial charge on any atom is -0.332 e. The van der Waals surface area contributed by atoms with E-state index < -0.39 is 0 Å². The van der Waals surface area contributed by atoms with Crippen LogP contribution in [0.1, 0.15) is 10.6 Å². The number of rotatable bonds is 6. The molecule has 0 bridgehead atoms. The normalized spacial score (nSPS) is 11.1. The lowest BCUT2D eigenvalue weighted by Crippen LogP contribution is -2.16. The van der Waals surface area contributed by atoms with Gasteiger partial charge in [-0.1, -0.05) is 11.6 Å². The van der Waals surface area contributed by atoms with Gasteiger partial charge in [0.05, 0.1) is 17.7 Å². The molecule has 0 amide bonds. The van der Waals surface area contributed by atoms with Gasteiger partial charge in [-0.05, 0) is 31.2 Å². The van der Waals surface area contributed by atoms with E-state index >= 15 is 0 Å². The molecule has 6 nitrogen and oxygen atoms in total. The van der Waals surface area contributed by atoms with E-state index in [9.17, 15) is 0 Å². The zero-order valence-electron chi connectivity index (χ0n) is 10.7. The Morgan fingerprint density at radius 2 is 2.05 bits per heavy atom. The fourth-order valence-electron chi connectivity index (χ4n) is 1.59. The van der Waals surface area contributed by atoms with Crippen molar-refractivity contribution in [3.05, 3.63) is 39.9 Å². The first kappa shape index (κ1) is 15.2. The minimum absolute atomic E-state index is 0.163. The van der Waals surface area contributed by atoms with E-state index in [1.807, 2.05) is 19.1 Å². The summed E-state index contributed by atoms with van der Waals surface area (Å²) in [5, 5.41) is 21.3. The topological polar surface area (TPSA) is 77.9 Å². The van der Waals surface area contributed by atoms with Crippen LogP contribution in [0.5, 0.6) is 0 Å². The molecule has 8 heteroatoms. The van der Waals surface area contributed by atoms with E-state index in [1.165, 1.54) is 11.3 Å². The number of aryl methyl sites for hydroxylation is 1. The maximum absolute atomic E-state index is 8.45. The average Bonchev–Trinajstić information content (AvgIpc) is 2.72. The predicted molar refractivity (Wildman–Crippen MR) is 76.7 cm³/mol. The number of hydrogen-bond acceptors (Lipinski definition) is 7. The Morgan fingerprint density at radius 3 is 2.70 bits per heavy atom. The van der Waals surface area contributed by atoms with Crippen molar-refractivity contribution in [3.63, 3.8) is 0 Å². The Morgan fingerprint density at radius 1 is 1.35 bits per heavy atom. The molecule has 1 aromatic carbocycles. The van der Waals surface area contributed by atoms with Crippen molar-refractivity contribution in [1.29, 1.82) is 0 Å². The Hall–Kier alpha value is -1.22. The number of nitrogens with zero attached hydrogens (tertiary/aromatic N) is 2. The molecular formula is C12H14ClN3O3S. The van der Waals surface area contributed by atoms with Crippen molar-refractivity contribution in [2.24, 2.45) is 0 Å². The van der Waals surface area contributed by atoms with E-state index in [1.54, 1.807) is 12.1 Å². The SMILES string of the molecule is Cc1nc(Nc2ccc(Cl)cc2)sc1CCON(O)O. The molecule has 2 rings (SSSR count). The summed E-state index contributed by atoms with van der Waals surface area (Å²) in [5.74, 6) is 0. The lowest BCUT2D eigenvalue weighted by Gasteiger charge is -2.04. The van der Waals surface area contributed by atoms with Gasteiger partial charge in [0.15, 0.2) is 5.13 Å². The van der Waals surface area contributed by atoms with Crippen LogP contribution in [0.3, 0.4) is 0 Å². The molecule has 108 valence electrons. The van der Waals surface area contributed by atoms with E-state index in [2.05, 4.69) is 15.1 Å². The van der Waals surface area contributed by atoms with Gasteiger partial charge in [0.25, 0.3) is 0 Å². The first-order valence-corrected chi connectivity index (χ1v) is 7.04. The van der Waals surface area contributed by atoms with Crippen molar-refractivity contribution < 1.29 is 15.3 Å². The summed E-state index contributed by atoms with van der Waals surface area (Å²) >= 11 is 7.32. The molecule has 2 aromatic rings. The van der Waals surface area contributed by atoms with Crippen LogP contribution in [0.4, 0.5) is 10.8 Å². The second-order valence-electron chi connectivity index (χ2n) is 4.00. The second kappa shape index (κ2) is 6.98. The van der Waals surface area contributed by atoms with Crippen molar-refractivity contribution >= 4 is 33.8 Å². The van der Waals surface area contributed by atoms with Gasteiger partial charge in [-0.15, -0.1) is 11.3 Å². The van der Waals surface area contributed by atoms with Gasteiger partial charge in [0.2, 0.25) is 0 Å². The molecule has 0 unspecified atom stereocenters. The van der Waals surface area contributed by atoms with Crippen LogP contribution in [0, 0.1) is 6.92 Å². The third-order valence-corrected chi connectivity index (χ3v) is 3.91. The fourth-order valence-corrected chi connectivity index (χ4v) is 2.68. The average molecular weight is 316 g/mol. The first-order valence-electron chi connectivity index (χ1n) is 5.84. The summed E-state index contributed by atoms with van der Waals surface area (Å²) in [4.78, 5) is 9.95. The third-order valence-electron chi connectivity index (χ3n) is 2.52. The van der Waals surface area contributed by atoms with Crippen molar-refractivity contribution in [2.45, 2.75) is 13.3 Å². The van der Waals surface area contributed by atoms with Gasteiger partial charge in [-0.3, -0.25) is 15.3 Å². The van der Waals surface area contributed by atoms with Crippen molar-refractivity contribution in [1.82, 2.24) is 10.4 Å². The Bertz CT molecular complexity index is 560. The van der Waals surface area contributed by atoms with Crippen molar-refractivity contribution in [3.8, 4) is 0 Å². The predicted octanol–water partition coefficient (Wildman–Crippen LogP) is 3.40. The van der Waals surface area contributed by atoms with Gasteiger partial charge in [-0.2, -0.15) is 0 Å². The van der Waals surface area contributed by atoms with Gasteiger partial charge < -0.3 is 5.32 Å². The zero-order chi connectivity index (χ0) is 14.5. The fraction of sp³-hybridized carbons (Fsp3) is 0.250. The standard InChI is InChI=1S/C12H14ClN3O3S/c1-8-11(6-7-19-16(17)18)20-12(14-8)15-10-4-2-9(13)3-5-10/h2-5,17-18H,6-7H2,1H3,(H,14,15). The molecule has 1 aromatic heterocycles. The monoisotopic (exact) mass is 315 g/mol. The van der Waals surface area contributed by atoms with E-state index in [0.29, 0.717) is 11.4 Å². The van der Waals surface area contributed by atoms with E-state index in [0.717, 1.165) is 21.4 Å². The molecule has 0 spiro atoms. The lowest BCUT2D eigenvalue weighted by atomic mass is 10.3. The third kappa shape index (κ3) is 4.41. The highest BCUT2D eigenvalue weighted by atomic mass is 35.5. The number of benzene rings is 1. The molecule has 0 aliphatic heterocycles. The van der Waals surface area contributed by atoms with Crippen LogP contribution in [-0.2, 0) is 11.3 Å². The van der Waals surface area contributed by atoms with Crippen LogP contribution >= 0.6 is 22.9 Å². The number of nitrogens with one attached hydrogen (secondary N) is 1. The molecule has 20 heavy (non-hydrogen) atoms. The molecule has 3 N–H and O–H groups in total. The molecule has 0 saturated heterocycles. The van der Waals surface area contributed by atoms with Gasteiger partial charge >= 0.3 is 0 Å². The Labute approximate surface area is 125 Å². The summed E-state index contributed by atoms with van der Waals surface area (Å²) in [6.45, 7) is 2.06. The van der Waals surface area contributed by atoms with E-state index in [4.69, 9.17) is 22.0 Å². The second-order valence-corrected chi connectivity index (χ2v) is 5.52. The minimum atomic E-state index is -0.288.